The molecule has 0 atom stereocenters. The first kappa shape index (κ1) is 17.6. The maximum Gasteiger partial charge on any atom is 0.247 e. The second kappa shape index (κ2) is 5.75. The summed E-state index contributed by atoms with van der Waals surface area (Å²) >= 11 is 0. The molecule has 0 heterocycles. The molecule has 1 aromatic carbocycles. The summed E-state index contributed by atoms with van der Waals surface area (Å²) in [4.78, 5) is 13.1. The highest BCUT2D eigenvalue weighted by molar-refractivity contribution is 7.69. The predicted molar refractivity (Wildman–Crippen MR) is 80.8 cm³/mol. The van der Waals surface area contributed by atoms with Gasteiger partial charge in [0, 0.05) is 0 Å². The molecule has 1 rings (SSSR count). The smallest absolute Gasteiger partial charge is 0.247 e. The lowest BCUT2D eigenvalue weighted by molar-refractivity contribution is -0.317. The fourth-order valence-corrected chi connectivity index (χ4v) is 9.14. The third-order valence-corrected chi connectivity index (χ3v) is 9.25. The van der Waals surface area contributed by atoms with E-state index in [1.807, 2.05) is 39.3 Å². The van der Waals surface area contributed by atoms with Crippen LogP contribution in [0.1, 0.15) is 0 Å². The second-order valence-electron chi connectivity index (χ2n) is 6.54. The van der Waals surface area contributed by atoms with E-state index in [1.54, 1.807) is 0 Å². The Balaban J connectivity index is 3.25. The molecule has 0 aliphatic carbocycles. The minimum atomic E-state index is -3.58. The fourth-order valence-electron chi connectivity index (χ4n) is 1.51. The van der Waals surface area contributed by atoms with Crippen LogP contribution < -0.4 is 20.4 Å². The lowest BCUT2D eigenvalue weighted by Gasteiger charge is -2.37. The Kier molecular flexibility index (Phi) is 5.06. The number of benzene rings is 1. The second-order valence-corrected chi connectivity index (χ2v) is 18.0. The van der Waals surface area contributed by atoms with Crippen molar-refractivity contribution >= 4 is 29.9 Å². The molecular weight excluding hydrogens is 311 g/mol. The van der Waals surface area contributed by atoms with Crippen molar-refractivity contribution in [1.29, 1.82) is 0 Å². The number of rotatable bonds is 5. The van der Waals surface area contributed by atoms with E-state index in [2.05, 4.69) is 0 Å². The highest BCUT2D eigenvalue weighted by Gasteiger charge is 2.43. The molecule has 5 nitrogen and oxygen atoms in total. The molecule has 0 fully saturated rings. The van der Waals surface area contributed by atoms with Gasteiger partial charge in [-0.25, -0.2) is 0 Å². The number of hydrogen-bond acceptors (Lipinski definition) is 5. The first-order chi connectivity index (χ1) is 8.82. The van der Waals surface area contributed by atoms with Gasteiger partial charge in [0.2, 0.25) is 24.6 Å². The van der Waals surface area contributed by atoms with Gasteiger partial charge in [0.05, 0.1) is 0 Å². The van der Waals surface area contributed by atoms with Crippen LogP contribution in [0.5, 0.6) is 11.5 Å². The Labute approximate surface area is 123 Å². The van der Waals surface area contributed by atoms with Crippen molar-refractivity contribution in [3.05, 3.63) is 18.2 Å². The van der Waals surface area contributed by atoms with Crippen LogP contribution in [0.15, 0.2) is 18.2 Å². The van der Waals surface area contributed by atoms with Crippen LogP contribution in [0.4, 0.5) is 0 Å². The molecule has 0 spiro atoms. The maximum atomic E-state index is 13.1. The van der Waals surface area contributed by atoms with Crippen molar-refractivity contribution in [3.8, 4) is 11.5 Å². The van der Waals surface area contributed by atoms with E-state index in [9.17, 15) is 15.1 Å². The molecule has 0 saturated heterocycles. The van der Waals surface area contributed by atoms with Crippen LogP contribution in [0.3, 0.4) is 0 Å². The molecule has 0 N–H and O–H groups in total. The Morgan fingerprint density at radius 3 is 1.65 bits per heavy atom. The summed E-state index contributed by atoms with van der Waals surface area (Å²) in [6, 6.07) is 3.56. The average Bonchev–Trinajstić information content (AvgIpc) is 2.16. The molecule has 0 amide bonds. The first-order valence-corrected chi connectivity index (χ1v) is 14.7. The van der Waals surface area contributed by atoms with Crippen LogP contribution >= 0.6 is 7.94 Å². The highest BCUT2D eigenvalue weighted by atomic mass is 31.2. The van der Waals surface area contributed by atoms with Crippen molar-refractivity contribution in [1.82, 2.24) is 0 Å². The Hall–Kier alpha value is -0.436. The topological polar surface area (TPSA) is 87.6 Å². The van der Waals surface area contributed by atoms with Gasteiger partial charge in [-0.15, -0.1) is 11.5 Å². The Bertz CT molecular complexity index is 466. The third-order valence-electron chi connectivity index (χ3n) is 2.03. The van der Waals surface area contributed by atoms with Crippen molar-refractivity contribution in [2.45, 2.75) is 39.3 Å². The zero-order chi connectivity index (χ0) is 15.8. The summed E-state index contributed by atoms with van der Waals surface area (Å²) in [6.45, 7) is 11.4. The van der Waals surface area contributed by atoms with Gasteiger partial charge >= 0.3 is 0 Å². The van der Waals surface area contributed by atoms with Gasteiger partial charge in [-0.05, 0) is 51.4 Å². The molecule has 0 radical (unpaired) electrons. The summed E-state index contributed by atoms with van der Waals surface area (Å²) in [6.07, 6.45) is 0. The van der Waals surface area contributed by atoms with Crippen LogP contribution in [0, 0.1) is 0 Å². The molecule has 0 unspecified atom stereocenters. The van der Waals surface area contributed by atoms with E-state index < -0.39 is 36.1 Å². The molecule has 0 aromatic heterocycles. The normalized spacial score (nSPS) is 13.6. The van der Waals surface area contributed by atoms with Gasteiger partial charge in [-0.1, -0.05) is 6.07 Å². The van der Waals surface area contributed by atoms with E-state index in [0.717, 1.165) is 12.1 Å². The zero-order valence-corrected chi connectivity index (χ0v) is 15.6. The minimum Gasteiger partial charge on any atom is -0.873 e. The van der Waals surface area contributed by atoms with E-state index in [0.29, 0.717) is 0 Å². The van der Waals surface area contributed by atoms with Crippen molar-refractivity contribution in [3.63, 3.8) is 0 Å². The minimum absolute atomic E-state index is 0.173. The van der Waals surface area contributed by atoms with E-state index in [-0.39, 0.29) is 5.30 Å². The summed E-state index contributed by atoms with van der Waals surface area (Å²) in [7, 11) is -7.88. The molecule has 0 saturated carbocycles. The maximum absolute atomic E-state index is 13.1. The zero-order valence-electron chi connectivity index (χ0n) is 12.7. The predicted octanol–water partition coefficient (Wildman–Crippen LogP) is 1.28. The third kappa shape index (κ3) is 5.16. The van der Waals surface area contributed by atoms with Crippen LogP contribution in [0.25, 0.3) is 0 Å². The SMILES string of the molecule is C[Si](C)(C)O[P+]([O-])(O[Si](C)(C)C)c1ccc([O-])c([O-])c1. The van der Waals surface area contributed by atoms with Crippen LogP contribution in [-0.2, 0) is 8.43 Å². The molecular formula is C12H21O5PSi2-2. The molecule has 20 heavy (non-hydrogen) atoms. The summed E-state index contributed by atoms with van der Waals surface area (Å²) in [5.74, 6) is -1.32. The van der Waals surface area contributed by atoms with Gasteiger partial charge in [-0.2, -0.15) is 0 Å². The standard InChI is InChI=1S/C12H23O5PSi2/c1-19(2,3)16-18(15,17-20(4,5)6)10-7-8-11(13)12(14)9-10/h7-9,13-14H,1-6H3/p-2. The van der Waals surface area contributed by atoms with E-state index in [1.165, 1.54) is 6.07 Å². The van der Waals surface area contributed by atoms with Crippen LogP contribution in [0.2, 0.25) is 39.3 Å². The first-order valence-electron chi connectivity index (χ1n) is 6.33. The molecule has 114 valence electrons. The quantitative estimate of drug-likeness (QED) is 0.599. The molecule has 8 heteroatoms. The van der Waals surface area contributed by atoms with E-state index in [4.69, 9.17) is 8.43 Å². The van der Waals surface area contributed by atoms with Gasteiger partial charge in [0.25, 0.3) is 0 Å². The van der Waals surface area contributed by atoms with Gasteiger partial charge in [-0.3, -0.25) is 8.43 Å². The lowest BCUT2D eigenvalue weighted by Crippen LogP contribution is -2.41. The van der Waals surface area contributed by atoms with Gasteiger partial charge in [0.1, 0.15) is 5.30 Å². The average molecular weight is 332 g/mol. The highest BCUT2D eigenvalue weighted by Crippen LogP contribution is 2.56. The molecule has 1 aromatic rings. The van der Waals surface area contributed by atoms with Crippen molar-refractivity contribution < 1.29 is 23.5 Å². The summed E-state index contributed by atoms with van der Waals surface area (Å²) in [5, 5.41) is 22.9. The molecule has 0 bridgehead atoms. The molecule has 0 aliphatic rings. The lowest BCUT2D eigenvalue weighted by atomic mass is 10.3. The summed E-state index contributed by atoms with van der Waals surface area (Å²) in [5.41, 5.74) is 0. The van der Waals surface area contributed by atoms with E-state index >= 15 is 0 Å². The van der Waals surface area contributed by atoms with Crippen LogP contribution in [-0.4, -0.2) is 16.6 Å². The Morgan fingerprint density at radius 2 is 1.30 bits per heavy atom. The summed E-state index contributed by atoms with van der Waals surface area (Å²) < 4.78 is 11.5. The van der Waals surface area contributed by atoms with Gasteiger partial charge in [0.15, 0.2) is 0 Å². The van der Waals surface area contributed by atoms with Gasteiger partial charge < -0.3 is 15.1 Å². The molecule has 0 aliphatic heterocycles. The fraction of sp³-hybridized carbons (Fsp3) is 0.500. The monoisotopic (exact) mass is 332 g/mol. The van der Waals surface area contributed by atoms with Crippen molar-refractivity contribution in [2.24, 2.45) is 0 Å². The largest absolute Gasteiger partial charge is 0.873 e. The number of hydrogen-bond donors (Lipinski definition) is 0. The Morgan fingerprint density at radius 1 is 0.850 bits per heavy atom. The van der Waals surface area contributed by atoms with Crippen molar-refractivity contribution in [2.75, 3.05) is 0 Å².